The fourth-order valence-corrected chi connectivity index (χ4v) is 14.2. The minimum atomic E-state index is -0.893. The molecular weight excluding hydrogens is 1030 g/mol. The number of aliphatic hydroxyl groups excluding tert-OH is 1. The Morgan fingerprint density at radius 3 is 2.52 bits per heavy atom. The van der Waals surface area contributed by atoms with Crippen LogP contribution in [0.5, 0.6) is 5.75 Å². The Morgan fingerprint density at radius 1 is 0.924 bits per heavy atom. The quantitative estimate of drug-likeness (QED) is 0.0548. The summed E-state index contributed by atoms with van der Waals surface area (Å²) in [5.41, 5.74) is 13.4. The van der Waals surface area contributed by atoms with E-state index in [-0.39, 0.29) is 73.0 Å². The van der Waals surface area contributed by atoms with E-state index in [4.69, 9.17) is 14.2 Å². The molecule has 0 radical (unpaired) electrons. The first-order chi connectivity index (χ1) is 38.4. The molecule has 7 aliphatic rings. The Balaban J connectivity index is 0.640. The zero-order chi connectivity index (χ0) is 55.4. The first kappa shape index (κ1) is 59.6. The van der Waals surface area contributed by atoms with Crippen LogP contribution in [0.1, 0.15) is 118 Å². The number of thioether (sulfide) groups is 1. The molecule has 2 aromatic carbocycles. The Labute approximate surface area is 472 Å². The maximum atomic E-state index is 14.3. The van der Waals surface area contributed by atoms with E-state index in [0.717, 1.165) is 61.5 Å². The molecule has 4 amide bonds. The Bertz CT molecular complexity index is 2340. The molecule has 10 N–H and O–H groups in total. The van der Waals surface area contributed by atoms with Gasteiger partial charge in [0.05, 0.1) is 57.4 Å². The number of rotatable bonds is 28. The molecule has 21 nitrogen and oxygen atoms in total. The summed E-state index contributed by atoms with van der Waals surface area (Å²) in [5, 5.41) is 36.5. The largest absolute Gasteiger partial charge is 0.491 e. The molecule has 6 heterocycles. The van der Waals surface area contributed by atoms with Crippen molar-refractivity contribution in [2.75, 3.05) is 84.7 Å². The molecule has 79 heavy (non-hydrogen) atoms. The molecule has 9 rings (SSSR count). The predicted octanol–water partition coefficient (Wildman–Crippen LogP) is 1.90. The minimum absolute atomic E-state index is 0.00794. The number of hydrazine groups is 3. The van der Waals surface area contributed by atoms with Crippen LogP contribution in [0.25, 0.3) is 0 Å². The van der Waals surface area contributed by atoms with E-state index in [1.54, 1.807) is 11.0 Å². The van der Waals surface area contributed by atoms with Crippen LogP contribution in [-0.4, -0.2) is 188 Å². The molecule has 11 atom stereocenters. The minimum Gasteiger partial charge on any atom is -0.491 e. The van der Waals surface area contributed by atoms with Gasteiger partial charge in [0, 0.05) is 92.6 Å². The SMILES string of the molecule is CCC(CC)C1CC(N[C@H]2CCC(CNCC(=O)NCC3CN(CCOCCOCCOc4cc(C5SCNC5C)ccc4CNC(=O)[C@@H]4C[C@@H](O)CN4C(=O)[C@H](C(C)C)N4Cc5ccccc5C4=O)NN3)C2)N2NCCC2N1. The highest BCUT2D eigenvalue weighted by Gasteiger charge is 2.46. The molecule has 0 aromatic heterocycles. The fraction of sp³-hybridized carbons (Fsp3) is 0.719. The van der Waals surface area contributed by atoms with Crippen molar-refractivity contribution in [2.45, 2.75) is 159 Å². The van der Waals surface area contributed by atoms with E-state index >= 15 is 0 Å². The van der Waals surface area contributed by atoms with Crippen LogP contribution in [0, 0.1) is 17.8 Å². The van der Waals surface area contributed by atoms with Crippen molar-refractivity contribution >= 4 is 35.4 Å². The highest BCUT2D eigenvalue weighted by atomic mass is 32.2. The second-order valence-corrected chi connectivity index (χ2v) is 24.3. The number of hydrogen-bond donors (Lipinski definition) is 10. The molecule has 0 spiro atoms. The second-order valence-electron chi connectivity index (χ2n) is 23.2. The summed E-state index contributed by atoms with van der Waals surface area (Å²) in [6.07, 6.45) is 8.17. The van der Waals surface area contributed by atoms with Crippen molar-refractivity contribution in [2.24, 2.45) is 17.8 Å². The number of ether oxygens (including phenoxy) is 3. The van der Waals surface area contributed by atoms with Crippen molar-refractivity contribution in [3.05, 3.63) is 64.7 Å². The summed E-state index contributed by atoms with van der Waals surface area (Å²) >= 11 is 1.84. The number of fused-ring (bicyclic) bond motifs is 2. The number of carbonyl (C=O) groups excluding carboxylic acids is 4. The zero-order valence-electron chi connectivity index (χ0n) is 47.3. The van der Waals surface area contributed by atoms with E-state index in [1.165, 1.54) is 30.6 Å². The van der Waals surface area contributed by atoms with Crippen molar-refractivity contribution < 1.29 is 38.5 Å². The van der Waals surface area contributed by atoms with Gasteiger partial charge in [-0.05, 0) is 86.6 Å². The van der Waals surface area contributed by atoms with E-state index in [2.05, 4.69) is 80.1 Å². The van der Waals surface area contributed by atoms with Crippen LogP contribution in [-0.2, 0) is 36.9 Å². The van der Waals surface area contributed by atoms with Gasteiger partial charge < -0.3 is 50.4 Å². The molecule has 5 saturated heterocycles. The van der Waals surface area contributed by atoms with Gasteiger partial charge in [-0.3, -0.25) is 35.2 Å². The lowest BCUT2D eigenvalue weighted by Crippen LogP contribution is -2.66. The third-order valence-electron chi connectivity index (χ3n) is 17.3. The normalized spacial score (nSPS) is 28.5. The summed E-state index contributed by atoms with van der Waals surface area (Å²) in [5.74, 6) is 1.65. The summed E-state index contributed by atoms with van der Waals surface area (Å²) in [7, 11) is 0. The summed E-state index contributed by atoms with van der Waals surface area (Å²) in [6, 6.07) is 13.2. The highest BCUT2D eigenvalue weighted by Crippen LogP contribution is 2.39. The summed E-state index contributed by atoms with van der Waals surface area (Å²) in [4.78, 5) is 57.6. The lowest BCUT2D eigenvalue weighted by Gasteiger charge is -2.45. The smallest absolute Gasteiger partial charge is 0.255 e. The average Bonchev–Trinajstić information content (AvgIpc) is 4.37. The van der Waals surface area contributed by atoms with Gasteiger partial charge in [-0.15, -0.1) is 11.8 Å². The Morgan fingerprint density at radius 2 is 1.73 bits per heavy atom. The number of carbonyl (C=O) groups is 4. The van der Waals surface area contributed by atoms with Crippen molar-refractivity contribution in [1.29, 1.82) is 0 Å². The number of benzene rings is 2. The molecule has 0 bridgehead atoms. The van der Waals surface area contributed by atoms with Crippen LogP contribution < -0.4 is 53.0 Å². The first-order valence-electron chi connectivity index (χ1n) is 29.6. The maximum Gasteiger partial charge on any atom is 0.255 e. The lowest BCUT2D eigenvalue weighted by molar-refractivity contribution is -0.143. The summed E-state index contributed by atoms with van der Waals surface area (Å²) < 4.78 is 18.1. The molecule has 438 valence electrons. The van der Waals surface area contributed by atoms with Gasteiger partial charge in [0.25, 0.3) is 5.91 Å². The third-order valence-corrected chi connectivity index (χ3v) is 18.7. The van der Waals surface area contributed by atoms with Gasteiger partial charge in [0.1, 0.15) is 24.4 Å². The Kier molecular flexibility index (Phi) is 21.7. The van der Waals surface area contributed by atoms with Crippen molar-refractivity contribution in [1.82, 2.24) is 68.1 Å². The number of amides is 4. The van der Waals surface area contributed by atoms with Gasteiger partial charge in [-0.25, -0.2) is 15.4 Å². The first-order valence-corrected chi connectivity index (χ1v) is 30.6. The predicted molar refractivity (Wildman–Crippen MR) is 304 cm³/mol. The lowest BCUT2D eigenvalue weighted by atomic mass is 9.88. The molecule has 6 aliphatic heterocycles. The van der Waals surface area contributed by atoms with Gasteiger partial charge in [-0.2, -0.15) is 5.53 Å². The van der Waals surface area contributed by atoms with Crippen LogP contribution in [0.2, 0.25) is 0 Å². The number of aliphatic hydroxyl groups is 1. The number of likely N-dealkylation sites (tertiary alicyclic amines) is 1. The van der Waals surface area contributed by atoms with Crippen molar-refractivity contribution in [3.8, 4) is 5.75 Å². The maximum absolute atomic E-state index is 14.3. The molecule has 22 heteroatoms. The van der Waals surface area contributed by atoms with Crippen LogP contribution >= 0.6 is 11.8 Å². The second kappa shape index (κ2) is 28.8. The number of hydrogen-bond acceptors (Lipinski definition) is 18. The van der Waals surface area contributed by atoms with E-state index in [0.29, 0.717) is 100 Å². The molecule has 1 saturated carbocycles. The topological polar surface area (TPSA) is 237 Å². The Hall–Kier alpha value is -4.01. The molecule has 6 fully saturated rings. The molecule has 2 aromatic rings. The monoisotopic (exact) mass is 1120 g/mol. The number of nitrogens with one attached hydrogen (secondary N) is 9. The fourth-order valence-electron chi connectivity index (χ4n) is 12.9. The van der Waals surface area contributed by atoms with Crippen LogP contribution in [0.15, 0.2) is 42.5 Å². The van der Waals surface area contributed by atoms with E-state index < -0.39 is 18.2 Å². The van der Waals surface area contributed by atoms with Crippen molar-refractivity contribution in [3.63, 3.8) is 0 Å². The average molecular weight is 1120 g/mol. The standard InChI is InChI=1S/C57H91N13O8S/c1-6-39(7-2)47-27-51(70-50(64-47)16-17-62-70)63-43-15-12-38(24-43)28-58-31-52(72)59-30-44-33-67(66-65-44)18-19-76-20-21-77-22-23-78-49-25-40(54-37(5)61-35-79-54)13-14-41(49)29-60-55(73)48-26-45(71)34-68(48)57(75)53(36(3)4)69-32-42-10-8-9-11-46(42)56(69)74/h8-11,13-14,25,36-39,43-45,47-48,50-51,53-54,58,61-66,71H,6-7,12,15-24,26-35H2,1-5H3,(H,59,72)(H,60,73)/t37?,38?,43-,44?,45+,47?,48-,50?,51?,53-,54?/m0/s1. The highest BCUT2D eigenvalue weighted by molar-refractivity contribution is 7.99. The molecule has 7 unspecified atom stereocenters. The molecular formula is C57H91N13O8S. The molecule has 1 aliphatic carbocycles. The third kappa shape index (κ3) is 15.4. The van der Waals surface area contributed by atoms with E-state index in [1.807, 2.05) is 61.0 Å². The van der Waals surface area contributed by atoms with E-state index in [9.17, 15) is 24.3 Å². The summed E-state index contributed by atoms with van der Waals surface area (Å²) in [6.45, 7) is 17.1. The zero-order valence-corrected chi connectivity index (χ0v) is 48.1. The van der Waals surface area contributed by atoms with Crippen LogP contribution in [0.4, 0.5) is 0 Å². The van der Waals surface area contributed by atoms with Gasteiger partial charge in [0.2, 0.25) is 17.7 Å². The number of nitrogens with zero attached hydrogens (tertiary/aromatic N) is 4. The van der Waals surface area contributed by atoms with Gasteiger partial charge in [-0.1, -0.05) is 70.9 Å². The van der Waals surface area contributed by atoms with Crippen LogP contribution in [0.3, 0.4) is 0 Å². The van der Waals surface area contributed by atoms with Gasteiger partial charge >= 0.3 is 0 Å². The van der Waals surface area contributed by atoms with Gasteiger partial charge in [0.15, 0.2) is 0 Å². The number of β-amino-alcohol motifs (C(OH)–C–C–N with tert-alkyl or cyclic N) is 1.